The van der Waals surface area contributed by atoms with Crippen molar-refractivity contribution in [3.8, 4) is 0 Å². The minimum Gasteiger partial charge on any atom is -0.362 e. The topological polar surface area (TPSA) is 40.6 Å². The Bertz CT molecular complexity index is 1270. The van der Waals surface area contributed by atoms with Crippen LogP contribution in [0.5, 0.6) is 0 Å². The number of amides is 2. The van der Waals surface area contributed by atoms with Crippen LogP contribution < -0.4 is 4.90 Å². The lowest BCUT2D eigenvalue weighted by Crippen LogP contribution is -2.37. The summed E-state index contributed by atoms with van der Waals surface area (Å²) in [6.07, 6.45) is 0.853. The summed E-state index contributed by atoms with van der Waals surface area (Å²) in [5.41, 5.74) is 8.02. The molecule has 3 aromatic carbocycles. The van der Waals surface area contributed by atoms with E-state index in [-0.39, 0.29) is 11.8 Å². The van der Waals surface area contributed by atoms with Gasteiger partial charge < -0.3 is 4.90 Å². The Kier molecular flexibility index (Phi) is 4.93. The molecular formula is C28H26N2O2. The van der Waals surface area contributed by atoms with Gasteiger partial charge in [-0.2, -0.15) is 0 Å². The molecule has 0 bridgehead atoms. The predicted octanol–water partition coefficient (Wildman–Crippen LogP) is 4.95. The van der Waals surface area contributed by atoms with Crippen molar-refractivity contribution in [2.24, 2.45) is 0 Å². The third-order valence-corrected chi connectivity index (χ3v) is 6.45. The first-order valence-corrected chi connectivity index (χ1v) is 11.0. The molecule has 0 aliphatic carbocycles. The summed E-state index contributed by atoms with van der Waals surface area (Å²) in [6, 6.07) is 22.1. The summed E-state index contributed by atoms with van der Waals surface area (Å²) in [4.78, 5) is 31.1. The molecule has 0 aromatic heterocycles. The van der Waals surface area contributed by atoms with Crippen molar-refractivity contribution in [2.45, 2.75) is 33.7 Å². The lowest BCUT2D eigenvalue weighted by molar-refractivity contribution is -0.120. The van der Waals surface area contributed by atoms with Crippen molar-refractivity contribution in [3.63, 3.8) is 0 Å². The van der Waals surface area contributed by atoms with E-state index < -0.39 is 0 Å². The Labute approximate surface area is 188 Å². The molecule has 2 aliphatic rings. The quantitative estimate of drug-likeness (QED) is 0.561. The van der Waals surface area contributed by atoms with E-state index in [4.69, 9.17) is 0 Å². The monoisotopic (exact) mass is 422 g/mol. The van der Waals surface area contributed by atoms with E-state index in [0.717, 1.165) is 28.7 Å². The van der Waals surface area contributed by atoms with Crippen LogP contribution in [-0.4, -0.2) is 23.3 Å². The number of carbonyl (C=O) groups is 2. The van der Waals surface area contributed by atoms with Gasteiger partial charge in [-0.1, -0.05) is 66.2 Å². The molecule has 0 spiro atoms. The Morgan fingerprint density at radius 1 is 0.750 bits per heavy atom. The third-order valence-electron chi connectivity index (χ3n) is 6.45. The lowest BCUT2D eigenvalue weighted by atomic mass is 9.97. The van der Waals surface area contributed by atoms with E-state index in [9.17, 15) is 9.59 Å². The van der Waals surface area contributed by atoms with E-state index in [1.807, 2.05) is 69.3 Å². The minimum atomic E-state index is -0.249. The van der Waals surface area contributed by atoms with Crippen LogP contribution in [0, 0.1) is 20.8 Å². The number of hydrogen-bond donors (Lipinski definition) is 0. The zero-order valence-corrected chi connectivity index (χ0v) is 18.7. The number of anilines is 1. The highest BCUT2D eigenvalue weighted by atomic mass is 16.2. The molecule has 5 rings (SSSR count). The van der Waals surface area contributed by atoms with Crippen LogP contribution >= 0.6 is 0 Å². The van der Waals surface area contributed by atoms with Crippen LogP contribution in [0.2, 0.25) is 0 Å². The number of carbonyl (C=O) groups excluding carboxylic acids is 2. The van der Waals surface area contributed by atoms with Gasteiger partial charge in [0.25, 0.3) is 11.8 Å². The van der Waals surface area contributed by atoms with E-state index in [1.54, 1.807) is 0 Å². The molecule has 0 atom stereocenters. The Morgan fingerprint density at radius 3 is 2.19 bits per heavy atom. The molecule has 2 aliphatic heterocycles. The fourth-order valence-corrected chi connectivity index (χ4v) is 4.66. The Morgan fingerprint density at radius 2 is 1.44 bits per heavy atom. The van der Waals surface area contributed by atoms with Crippen molar-refractivity contribution in [1.29, 1.82) is 0 Å². The van der Waals surface area contributed by atoms with Gasteiger partial charge in [0.1, 0.15) is 5.70 Å². The van der Waals surface area contributed by atoms with E-state index in [0.29, 0.717) is 30.0 Å². The maximum atomic E-state index is 13.8. The SMILES string of the molecule is Cc1ccc(C2=C(N3CCc4ccccc4C3)C(=O)N(c3cc(C)ccc3C)C2=O)cc1. The second-order valence-corrected chi connectivity index (χ2v) is 8.77. The number of fused-ring (bicyclic) bond motifs is 1. The van der Waals surface area contributed by atoms with Crippen LogP contribution in [-0.2, 0) is 22.6 Å². The van der Waals surface area contributed by atoms with E-state index >= 15 is 0 Å². The zero-order chi connectivity index (χ0) is 22.4. The van der Waals surface area contributed by atoms with Gasteiger partial charge in [-0.05, 0) is 61.1 Å². The first-order valence-electron chi connectivity index (χ1n) is 11.0. The average Bonchev–Trinajstić information content (AvgIpc) is 3.05. The summed E-state index contributed by atoms with van der Waals surface area (Å²) in [7, 11) is 0. The van der Waals surface area contributed by atoms with Crippen LogP contribution in [0.25, 0.3) is 5.57 Å². The molecule has 2 amide bonds. The number of nitrogens with zero attached hydrogens (tertiary/aromatic N) is 2. The number of rotatable bonds is 3. The predicted molar refractivity (Wildman–Crippen MR) is 127 cm³/mol. The number of benzene rings is 3. The van der Waals surface area contributed by atoms with Gasteiger partial charge >= 0.3 is 0 Å². The first kappa shape index (κ1) is 20.3. The molecular weight excluding hydrogens is 396 g/mol. The Hall–Kier alpha value is -3.66. The normalized spacial score (nSPS) is 16.1. The summed E-state index contributed by atoms with van der Waals surface area (Å²) in [6.45, 7) is 7.27. The van der Waals surface area contributed by atoms with Crippen molar-refractivity contribution < 1.29 is 9.59 Å². The summed E-state index contributed by atoms with van der Waals surface area (Å²) >= 11 is 0. The fourth-order valence-electron chi connectivity index (χ4n) is 4.66. The molecule has 4 heteroatoms. The largest absolute Gasteiger partial charge is 0.362 e. The summed E-state index contributed by atoms with van der Waals surface area (Å²) in [5, 5.41) is 0. The molecule has 3 aromatic rings. The van der Waals surface area contributed by atoms with Crippen LogP contribution in [0.1, 0.15) is 33.4 Å². The first-order chi connectivity index (χ1) is 15.4. The number of aryl methyl sites for hydroxylation is 3. The Balaban J connectivity index is 1.64. The van der Waals surface area contributed by atoms with Crippen LogP contribution in [0.15, 0.2) is 72.4 Å². The lowest BCUT2D eigenvalue weighted by Gasteiger charge is -2.31. The summed E-state index contributed by atoms with van der Waals surface area (Å²) < 4.78 is 0. The van der Waals surface area contributed by atoms with Gasteiger partial charge in [0, 0.05) is 13.1 Å². The van der Waals surface area contributed by atoms with E-state index in [2.05, 4.69) is 23.1 Å². The maximum Gasteiger partial charge on any atom is 0.282 e. The highest BCUT2D eigenvalue weighted by Crippen LogP contribution is 2.38. The van der Waals surface area contributed by atoms with Gasteiger partial charge in [0.05, 0.1) is 11.3 Å². The van der Waals surface area contributed by atoms with Gasteiger partial charge in [0.2, 0.25) is 0 Å². The van der Waals surface area contributed by atoms with Gasteiger partial charge in [-0.3, -0.25) is 9.59 Å². The van der Waals surface area contributed by atoms with Crippen LogP contribution in [0.4, 0.5) is 5.69 Å². The molecule has 32 heavy (non-hydrogen) atoms. The second kappa shape index (κ2) is 7.79. The van der Waals surface area contributed by atoms with Crippen LogP contribution in [0.3, 0.4) is 0 Å². The molecule has 0 saturated carbocycles. The highest BCUT2D eigenvalue weighted by molar-refractivity contribution is 6.45. The molecule has 160 valence electrons. The maximum absolute atomic E-state index is 13.8. The van der Waals surface area contributed by atoms with Crippen molar-refractivity contribution >= 4 is 23.1 Å². The fraction of sp³-hybridized carbons (Fsp3) is 0.214. The van der Waals surface area contributed by atoms with Gasteiger partial charge in [0.15, 0.2) is 0 Å². The van der Waals surface area contributed by atoms with Crippen molar-refractivity contribution in [1.82, 2.24) is 4.90 Å². The molecule has 0 fully saturated rings. The number of hydrogen-bond acceptors (Lipinski definition) is 3. The molecule has 0 saturated heterocycles. The van der Waals surface area contributed by atoms with Gasteiger partial charge in [-0.15, -0.1) is 0 Å². The molecule has 4 nitrogen and oxygen atoms in total. The number of imide groups is 1. The molecule has 2 heterocycles. The van der Waals surface area contributed by atoms with Crippen molar-refractivity contribution in [3.05, 3.63) is 106 Å². The minimum absolute atomic E-state index is 0.237. The third kappa shape index (κ3) is 3.32. The van der Waals surface area contributed by atoms with Crippen molar-refractivity contribution in [2.75, 3.05) is 11.4 Å². The molecule has 0 N–H and O–H groups in total. The smallest absolute Gasteiger partial charge is 0.282 e. The van der Waals surface area contributed by atoms with E-state index in [1.165, 1.54) is 16.0 Å². The second-order valence-electron chi connectivity index (χ2n) is 8.77. The standard InChI is InChI=1S/C28H26N2O2/c1-18-9-12-22(13-10-18)25-26(29-15-14-21-6-4-5-7-23(21)17-29)28(32)30(27(25)31)24-16-19(2)8-11-20(24)3/h4-13,16H,14-15,17H2,1-3H3. The highest BCUT2D eigenvalue weighted by Gasteiger charge is 2.43. The molecule has 0 unspecified atom stereocenters. The summed E-state index contributed by atoms with van der Waals surface area (Å²) in [5.74, 6) is -0.486. The average molecular weight is 423 g/mol. The zero-order valence-electron chi connectivity index (χ0n) is 18.7. The molecule has 0 radical (unpaired) electrons. The van der Waals surface area contributed by atoms with Gasteiger partial charge in [-0.25, -0.2) is 4.90 Å².